The van der Waals surface area contributed by atoms with E-state index in [2.05, 4.69) is 4.72 Å². The summed E-state index contributed by atoms with van der Waals surface area (Å²) in [6, 6.07) is -0.377. The molecule has 7 nitrogen and oxygen atoms in total. The molecule has 0 bridgehead atoms. The minimum absolute atomic E-state index is 0.0787. The molecule has 3 amide bonds. The normalized spacial score (nSPS) is 25.4. The number of nitrogens with zero attached hydrogens (tertiary/aromatic N) is 2. The average molecular weight is 366 g/mol. The monoisotopic (exact) mass is 366 g/mol. The molecule has 1 saturated carbocycles. The molecule has 1 unspecified atom stereocenters. The van der Waals surface area contributed by atoms with Crippen LogP contribution in [-0.2, 0) is 14.8 Å². The van der Waals surface area contributed by atoms with E-state index in [1.165, 1.54) is 19.2 Å². The molecule has 0 aromatic carbocycles. The molecule has 1 aliphatic heterocycles. The van der Waals surface area contributed by atoms with Gasteiger partial charge in [0.2, 0.25) is 10.0 Å². The van der Waals surface area contributed by atoms with Gasteiger partial charge >= 0.3 is 11.9 Å². The van der Waals surface area contributed by atoms with Crippen LogP contribution in [-0.4, -0.2) is 54.7 Å². The Labute approximate surface area is 148 Å². The summed E-state index contributed by atoms with van der Waals surface area (Å²) in [7, 11) is -2.26. The second kappa shape index (κ2) is 5.88. The number of fused-ring (bicyclic) bond motifs is 1. The summed E-state index contributed by atoms with van der Waals surface area (Å²) in [4.78, 5) is 26.1. The highest BCUT2D eigenvalue weighted by molar-refractivity contribution is 7.93. The van der Waals surface area contributed by atoms with Gasteiger partial charge in [0.15, 0.2) is 0 Å². The molecule has 8 heteroatoms. The molecular weight excluding hydrogens is 342 g/mol. The molecule has 136 valence electrons. The van der Waals surface area contributed by atoms with Crippen molar-refractivity contribution in [3.05, 3.63) is 23.1 Å². The van der Waals surface area contributed by atoms with Gasteiger partial charge in [-0.25, -0.2) is 17.9 Å². The average Bonchev–Trinajstić information content (AvgIpc) is 3.24. The van der Waals surface area contributed by atoms with Crippen molar-refractivity contribution < 1.29 is 22.6 Å². The maximum Gasteiger partial charge on any atom is 0.500 e. The molecule has 1 atom stereocenters. The summed E-state index contributed by atoms with van der Waals surface area (Å²) in [5.74, 6) is -0.947. The third kappa shape index (κ3) is 3.32. The first-order chi connectivity index (χ1) is 11.5. The van der Waals surface area contributed by atoms with Gasteiger partial charge in [0, 0.05) is 5.54 Å². The van der Waals surface area contributed by atoms with Crippen molar-refractivity contribution in [2.24, 2.45) is 11.8 Å². The van der Waals surface area contributed by atoms with Crippen LogP contribution in [0.2, 0.25) is 0 Å². The third-order valence-corrected chi connectivity index (χ3v) is 6.39. The number of nitrogens with one attached hydrogen (secondary N) is 1. The predicted molar refractivity (Wildman–Crippen MR) is 93.5 cm³/mol. The highest BCUT2D eigenvalue weighted by Crippen LogP contribution is 2.36. The van der Waals surface area contributed by atoms with Gasteiger partial charge in [-0.15, -0.1) is 0 Å². The molecule has 0 spiro atoms. The number of carbonyl (C=O) groups excluding carboxylic acids is 2. The van der Waals surface area contributed by atoms with Gasteiger partial charge in [-0.3, -0.25) is 0 Å². The smallest absolute Gasteiger partial charge is 0.245 e. The highest BCUT2D eigenvalue weighted by atomic mass is 32.2. The van der Waals surface area contributed by atoms with Crippen molar-refractivity contribution in [2.45, 2.75) is 39.2 Å². The minimum Gasteiger partial charge on any atom is -0.245 e. The van der Waals surface area contributed by atoms with Crippen molar-refractivity contribution in [3.63, 3.8) is 0 Å². The summed E-state index contributed by atoms with van der Waals surface area (Å²) in [6.07, 6.45) is 6.12. The number of allylic oxidation sites excluding steroid dienone is 2. The summed E-state index contributed by atoms with van der Waals surface area (Å²) >= 11 is 0. The zero-order valence-corrected chi connectivity index (χ0v) is 15.8. The second-order valence-electron chi connectivity index (χ2n) is 7.66. The van der Waals surface area contributed by atoms with Crippen LogP contribution in [0.4, 0.5) is 4.79 Å². The molecule has 1 fully saturated rings. The molecule has 1 N–H and O–H groups in total. The molecule has 2 aliphatic carbocycles. The van der Waals surface area contributed by atoms with Crippen LogP contribution < -0.4 is 4.72 Å². The Balaban J connectivity index is 2.00. The lowest BCUT2D eigenvalue weighted by Gasteiger charge is -2.26. The van der Waals surface area contributed by atoms with Crippen molar-refractivity contribution in [1.29, 1.82) is 0 Å². The molecule has 1 heterocycles. The van der Waals surface area contributed by atoms with Crippen LogP contribution in [0.25, 0.3) is 0 Å². The Kier molecular flexibility index (Phi) is 4.23. The molecule has 25 heavy (non-hydrogen) atoms. The molecule has 0 radical (unpaired) electrons. The molecule has 0 aromatic heterocycles. The van der Waals surface area contributed by atoms with Gasteiger partial charge in [-0.2, -0.15) is 14.3 Å². The first kappa shape index (κ1) is 18.0. The van der Waals surface area contributed by atoms with Crippen molar-refractivity contribution >= 4 is 27.7 Å². The molecular formula is C17H24N3O4S+. The van der Waals surface area contributed by atoms with Gasteiger partial charge in [0.25, 0.3) is 0 Å². The Bertz CT molecular complexity index is 832. The Morgan fingerprint density at radius 2 is 1.96 bits per heavy atom. The van der Waals surface area contributed by atoms with Crippen LogP contribution in [0.3, 0.4) is 0 Å². The summed E-state index contributed by atoms with van der Waals surface area (Å²) in [6.45, 7) is 6.30. The number of imide groups is 1. The largest absolute Gasteiger partial charge is 0.500 e. The lowest BCUT2D eigenvalue weighted by Crippen LogP contribution is -2.53. The van der Waals surface area contributed by atoms with E-state index in [0.717, 1.165) is 17.7 Å². The van der Waals surface area contributed by atoms with E-state index in [1.807, 2.05) is 20.8 Å². The summed E-state index contributed by atoms with van der Waals surface area (Å²) in [5.41, 5.74) is 0.156. The number of hydrogen-bond donors (Lipinski definition) is 1. The lowest BCUT2D eigenvalue weighted by molar-refractivity contribution is -0.446. The number of amides is 3. The van der Waals surface area contributed by atoms with Gasteiger partial charge in [0.05, 0.1) is 18.5 Å². The Hall–Kier alpha value is -1.80. The number of carbonyl (C=O) groups is 2. The fraction of sp³-hybridized carbons (Fsp3) is 0.588. The number of sulfonamides is 1. The molecule has 3 rings (SSSR count). The number of urea groups is 1. The first-order valence-corrected chi connectivity index (χ1v) is 9.92. The first-order valence-electron chi connectivity index (χ1n) is 8.44. The van der Waals surface area contributed by atoms with Crippen LogP contribution in [0.1, 0.15) is 33.6 Å². The maximum atomic E-state index is 12.6. The maximum absolute atomic E-state index is 12.6. The zero-order valence-electron chi connectivity index (χ0n) is 14.9. The number of hydrogen-bond acceptors (Lipinski definition) is 4. The molecule has 0 aromatic rings. The summed E-state index contributed by atoms with van der Waals surface area (Å²) < 4.78 is 29.4. The van der Waals surface area contributed by atoms with Crippen LogP contribution in [0.5, 0.6) is 0 Å². The second-order valence-corrected chi connectivity index (χ2v) is 9.34. The van der Waals surface area contributed by atoms with Gasteiger partial charge in [-0.05, 0) is 43.9 Å². The van der Waals surface area contributed by atoms with Gasteiger partial charge in [-0.1, -0.05) is 13.8 Å². The predicted octanol–water partition coefficient (Wildman–Crippen LogP) is 1.23. The lowest BCUT2D eigenvalue weighted by atomic mass is 9.94. The van der Waals surface area contributed by atoms with Crippen molar-refractivity contribution in [1.82, 2.24) is 9.62 Å². The summed E-state index contributed by atoms with van der Waals surface area (Å²) in [5, 5.41) is 0. The van der Waals surface area contributed by atoms with Crippen LogP contribution in [0.15, 0.2) is 23.1 Å². The van der Waals surface area contributed by atoms with Crippen LogP contribution >= 0.6 is 0 Å². The van der Waals surface area contributed by atoms with E-state index in [1.54, 1.807) is 10.7 Å². The fourth-order valence-corrected chi connectivity index (χ4v) is 4.56. The van der Waals surface area contributed by atoms with E-state index in [4.69, 9.17) is 0 Å². The fourth-order valence-electron chi connectivity index (χ4n) is 3.03. The molecule has 3 aliphatic rings. The van der Waals surface area contributed by atoms with Gasteiger partial charge < -0.3 is 0 Å². The van der Waals surface area contributed by atoms with Crippen molar-refractivity contribution in [3.8, 4) is 0 Å². The Morgan fingerprint density at radius 3 is 2.52 bits per heavy atom. The van der Waals surface area contributed by atoms with E-state index >= 15 is 0 Å². The van der Waals surface area contributed by atoms with E-state index in [-0.39, 0.29) is 22.4 Å². The van der Waals surface area contributed by atoms with Gasteiger partial charge in [0.1, 0.15) is 11.6 Å². The van der Waals surface area contributed by atoms with E-state index in [9.17, 15) is 18.0 Å². The molecule has 0 saturated heterocycles. The SMILES string of the molecule is CC(C)C[N+]1=C2C=CC(S(=O)(=O)NC3(C)CC3)=CC2C(=O)N(C)C1=O. The topological polar surface area (TPSA) is 86.6 Å². The Morgan fingerprint density at radius 1 is 1.32 bits per heavy atom. The minimum atomic E-state index is -3.69. The third-order valence-electron chi connectivity index (χ3n) is 4.73. The quantitative estimate of drug-likeness (QED) is 0.742. The van der Waals surface area contributed by atoms with E-state index < -0.39 is 21.8 Å². The highest BCUT2D eigenvalue weighted by Gasteiger charge is 2.47. The number of rotatable bonds is 5. The zero-order chi connectivity index (χ0) is 18.6. The van der Waals surface area contributed by atoms with Crippen molar-refractivity contribution in [2.75, 3.05) is 13.6 Å². The van der Waals surface area contributed by atoms with Crippen LogP contribution in [0, 0.1) is 11.8 Å². The van der Waals surface area contributed by atoms with E-state index in [0.29, 0.717) is 12.3 Å². The standard InChI is InChI=1S/C17H24N3O4S/c1-11(2)10-20-14-6-5-12(25(23,24)18-17(3)7-8-17)9-13(14)15(21)19(4)16(20)22/h5-6,9,11,13,18H,7-8,10H2,1-4H3/q+1.